The highest BCUT2D eigenvalue weighted by Gasteiger charge is 2.37. The summed E-state index contributed by atoms with van der Waals surface area (Å²) in [5, 5.41) is 3.40. The molecule has 2 aromatic carbocycles. The van der Waals surface area contributed by atoms with Crippen molar-refractivity contribution in [2.24, 2.45) is 0 Å². The Bertz CT molecular complexity index is 1200. The zero-order valence-electron chi connectivity index (χ0n) is 19.3. The Balaban J connectivity index is 1.68. The molecule has 3 aromatic rings. The summed E-state index contributed by atoms with van der Waals surface area (Å²) in [6, 6.07) is 15.1. The lowest BCUT2D eigenvalue weighted by molar-refractivity contribution is 0.102. The van der Waals surface area contributed by atoms with Crippen LogP contribution in [0, 0.1) is 6.92 Å². The summed E-state index contributed by atoms with van der Waals surface area (Å²) in [6.07, 6.45) is 2.33. The lowest BCUT2D eigenvalue weighted by Gasteiger charge is -2.42. The van der Waals surface area contributed by atoms with Crippen LogP contribution in [-0.4, -0.2) is 10.9 Å². The fraction of sp³-hybridized carbons (Fsp3) is 0.333. The highest BCUT2D eigenvalue weighted by atomic mass is 35.5. The minimum absolute atomic E-state index is 0.113. The fourth-order valence-electron chi connectivity index (χ4n) is 4.57. The molecule has 0 atom stereocenters. The van der Waals surface area contributed by atoms with E-state index in [0.717, 1.165) is 17.5 Å². The third-order valence-electron chi connectivity index (χ3n) is 6.76. The first-order valence-electron chi connectivity index (χ1n) is 11.0. The molecule has 1 amide bonds. The van der Waals surface area contributed by atoms with Crippen LogP contribution in [-0.2, 0) is 10.8 Å². The molecular weight excluding hydrogens is 418 g/mol. The van der Waals surface area contributed by atoms with E-state index >= 15 is 0 Å². The lowest BCUT2D eigenvalue weighted by Crippen LogP contribution is -2.34. The van der Waals surface area contributed by atoms with Gasteiger partial charge in [0.05, 0.1) is 0 Å². The number of nitrogen functional groups attached to an aromatic ring is 1. The van der Waals surface area contributed by atoms with Gasteiger partial charge in [-0.15, -0.1) is 0 Å². The Morgan fingerprint density at radius 1 is 0.938 bits per heavy atom. The molecule has 1 aliphatic carbocycles. The molecular formula is C27H30ClN3O. The van der Waals surface area contributed by atoms with Crippen molar-refractivity contribution < 1.29 is 4.79 Å². The van der Waals surface area contributed by atoms with Crippen LogP contribution in [0.5, 0.6) is 0 Å². The van der Waals surface area contributed by atoms with E-state index in [1.807, 2.05) is 6.07 Å². The summed E-state index contributed by atoms with van der Waals surface area (Å²) in [7, 11) is 0. The number of nitrogens with two attached hydrogens (primary N) is 1. The zero-order valence-corrected chi connectivity index (χ0v) is 20.1. The number of aromatic nitrogens is 1. The summed E-state index contributed by atoms with van der Waals surface area (Å²) in [5.74, 6) is 0.563. The van der Waals surface area contributed by atoms with E-state index in [9.17, 15) is 4.79 Å². The third-order valence-corrected chi connectivity index (χ3v) is 7.01. The summed E-state index contributed by atoms with van der Waals surface area (Å²) >= 11 is 5.90. The number of fused-ring (bicyclic) bond motifs is 1. The van der Waals surface area contributed by atoms with Crippen LogP contribution >= 0.6 is 11.6 Å². The number of nitrogens with one attached hydrogen (secondary N) is 1. The van der Waals surface area contributed by atoms with Gasteiger partial charge in [0.1, 0.15) is 11.6 Å². The van der Waals surface area contributed by atoms with Crippen LogP contribution in [0.25, 0.3) is 11.1 Å². The molecule has 1 aromatic heterocycles. The Hall–Kier alpha value is -2.85. The van der Waals surface area contributed by atoms with E-state index < -0.39 is 0 Å². The van der Waals surface area contributed by atoms with Crippen molar-refractivity contribution >= 4 is 29.1 Å². The van der Waals surface area contributed by atoms with Gasteiger partial charge in [-0.2, -0.15) is 0 Å². The van der Waals surface area contributed by atoms with E-state index in [1.165, 1.54) is 23.1 Å². The molecule has 3 N–H and O–H groups in total. The van der Waals surface area contributed by atoms with Crippen molar-refractivity contribution in [1.82, 2.24) is 4.98 Å². The molecule has 0 aliphatic heterocycles. The van der Waals surface area contributed by atoms with Crippen LogP contribution in [0.1, 0.15) is 67.6 Å². The van der Waals surface area contributed by atoms with Crippen molar-refractivity contribution in [3.8, 4) is 11.1 Å². The number of halogens is 1. The number of rotatable bonds is 3. The normalized spacial score (nSPS) is 16.3. The van der Waals surface area contributed by atoms with E-state index in [1.54, 1.807) is 30.3 Å². The average molecular weight is 448 g/mol. The van der Waals surface area contributed by atoms with Crippen molar-refractivity contribution in [3.63, 3.8) is 0 Å². The SMILES string of the molecule is Cc1cc2c(cc1-c1ccc(NC(=O)c3ccc(Cl)cc3)nc1N)C(C)(C)CCC2(C)C. The number of carbonyl (C=O) groups is 1. The molecule has 1 aliphatic rings. The predicted molar refractivity (Wildman–Crippen MR) is 134 cm³/mol. The molecule has 0 unspecified atom stereocenters. The van der Waals surface area contributed by atoms with Crippen LogP contribution in [0.2, 0.25) is 5.02 Å². The molecule has 0 saturated heterocycles. The van der Waals surface area contributed by atoms with Gasteiger partial charge in [-0.05, 0) is 95.3 Å². The molecule has 0 fully saturated rings. The van der Waals surface area contributed by atoms with Gasteiger partial charge in [0, 0.05) is 16.1 Å². The largest absolute Gasteiger partial charge is 0.383 e. The fourth-order valence-corrected chi connectivity index (χ4v) is 4.70. The standard InChI is InChI=1S/C27H30ClN3O/c1-16-14-21-22(27(4,5)13-12-26(21,2)3)15-20(16)19-10-11-23(30-24(19)29)31-25(32)17-6-8-18(28)9-7-17/h6-11,14-15H,12-13H2,1-5H3,(H3,29,30,31,32). The van der Waals surface area contributed by atoms with Gasteiger partial charge < -0.3 is 11.1 Å². The predicted octanol–water partition coefficient (Wildman–Crippen LogP) is 6.89. The Labute approximate surface area is 195 Å². The third kappa shape index (κ3) is 4.12. The van der Waals surface area contributed by atoms with Crippen LogP contribution in [0.15, 0.2) is 48.5 Å². The summed E-state index contributed by atoms with van der Waals surface area (Å²) in [6.45, 7) is 11.4. The molecule has 4 rings (SSSR count). The van der Waals surface area contributed by atoms with Crippen molar-refractivity contribution in [2.75, 3.05) is 11.1 Å². The molecule has 0 saturated carbocycles. The molecule has 0 radical (unpaired) electrons. The summed E-state index contributed by atoms with van der Waals surface area (Å²) < 4.78 is 0. The maximum absolute atomic E-state index is 12.5. The van der Waals surface area contributed by atoms with Gasteiger partial charge in [-0.1, -0.05) is 45.4 Å². The minimum atomic E-state index is -0.254. The van der Waals surface area contributed by atoms with Crippen LogP contribution < -0.4 is 11.1 Å². The van der Waals surface area contributed by atoms with E-state index in [4.69, 9.17) is 17.3 Å². The van der Waals surface area contributed by atoms with Gasteiger partial charge in [0.15, 0.2) is 0 Å². The lowest BCUT2D eigenvalue weighted by atomic mass is 9.62. The second-order valence-electron chi connectivity index (χ2n) is 10.1. The molecule has 4 nitrogen and oxygen atoms in total. The number of anilines is 2. The molecule has 32 heavy (non-hydrogen) atoms. The number of pyridine rings is 1. The zero-order chi connectivity index (χ0) is 23.3. The number of benzene rings is 2. The Morgan fingerprint density at radius 3 is 2.12 bits per heavy atom. The van der Waals surface area contributed by atoms with Crippen LogP contribution in [0.4, 0.5) is 11.6 Å². The second kappa shape index (κ2) is 7.93. The number of aryl methyl sites for hydroxylation is 1. The van der Waals surface area contributed by atoms with E-state index in [0.29, 0.717) is 22.2 Å². The van der Waals surface area contributed by atoms with Gasteiger partial charge in [-0.25, -0.2) is 4.98 Å². The minimum Gasteiger partial charge on any atom is -0.383 e. The van der Waals surface area contributed by atoms with Crippen molar-refractivity contribution in [1.29, 1.82) is 0 Å². The monoisotopic (exact) mass is 447 g/mol. The molecule has 5 heteroatoms. The van der Waals surface area contributed by atoms with Gasteiger partial charge in [-0.3, -0.25) is 4.79 Å². The number of hydrogen-bond acceptors (Lipinski definition) is 3. The maximum Gasteiger partial charge on any atom is 0.256 e. The van der Waals surface area contributed by atoms with Crippen molar-refractivity contribution in [2.45, 2.75) is 58.3 Å². The maximum atomic E-state index is 12.5. The smallest absolute Gasteiger partial charge is 0.256 e. The second-order valence-corrected chi connectivity index (χ2v) is 10.5. The van der Waals surface area contributed by atoms with Gasteiger partial charge >= 0.3 is 0 Å². The average Bonchev–Trinajstić information content (AvgIpc) is 2.72. The van der Waals surface area contributed by atoms with E-state index in [2.05, 4.69) is 57.1 Å². The van der Waals surface area contributed by atoms with Crippen molar-refractivity contribution in [3.05, 3.63) is 75.8 Å². The summed E-state index contributed by atoms with van der Waals surface area (Å²) in [4.78, 5) is 17.0. The highest BCUT2D eigenvalue weighted by molar-refractivity contribution is 6.30. The molecule has 166 valence electrons. The molecule has 0 spiro atoms. The first kappa shape index (κ1) is 22.3. The Morgan fingerprint density at radius 2 is 1.53 bits per heavy atom. The number of carbonyl (C=O) groups excluding carboxylic acids is 1. The van der Waals surface area contributed by atoms with Gasteiger partial charge in [0.25, 0.3) is 5.91 Å². The molecule has 1 heterocycles. The number of hydrogen-bond donors (Lipinski definition) is 2. The quantitative estimate of drug-likeness (QED) is 0.459. The number of nitrogens with zero attached hydrogens (tertiary/aromatic N) is 1. The first-order valence-corrected chi connectivity index (χ1v) is 11.4. The van der Waals surface area contributed by atoms with Crippen LogP contribution in [0.3, 0.4) is 0 Å². The topological polar surface area (TPSA) is 68.0 Å². The summed E-state index contributed by atoms with van der Waals surface area (Å²) in [5.41, 5.74) is 13.1. The number of amides is 1. The first-order chi connectivity index (χ1) is 15.0. The highest BCUT2D eigenvalue weighted by Crippen LogP contribution is 2.48. The van der Waals surface area contributed by atoms with Gasteiger partial charge in [0.2, 0.25) is 0 Å². The Kier molecular flexibility index (Phi) is 5.54. The molecule has 0 bridgehead atoms. The van der Waals surface area contributed by atoms with E-state index in [-0.39, 0.29) is 16.7 Å².